The molecule has 4 heteroatoms. The summed E-state index contributed by atoms with van der Waals surface area (Å²) in [5.41, 5.74) is 1.08. The molecule has 1 amide bonds. The predicted molar refractivity (Wildman–Crippen MR) is 73.7 cm³/mol. The van der Waals surface area contributed by atoms with Crippen LogP contribution in [0.2, 0.25) is 0 Å². The van der Waals surface area contributed by atoms with Crippen LogP contribution in [0.3, 0.4) is 0 Å². The number of benzene rings is 1. The molecule has 0 saturated carbocycles. The molecule has 0 aromatic heterocycles. The number of halogens is 2. The van der Waals surface area contributed by atoms with E-state index in [1.54, 1.807) is 0 Å². The molecule has 1 N–H and O–H groups in total. The van der Waals surface area contributed by atoms with Crippen molar-refractivity contribution in [2.75, 3.05) is 0 Å². The molecule has 1 unspecified atom stereocenters. The topological polar surface area (TPSA) is 29.1 Å². The molecule has 0 saturated heterocycles. The van der Waals surface area contributed by atoms with Gasteiger partial charge in [0, 0.05) is 4.47 Å². The molecule has 0 bridgehead atoms. The second kappa shape index (κ2) is 5.32. The fourth-order valence-corrected chi connectivity index (χ4v) is 1.76. The minimum Gasteiger partial charge on any atom is -0.348 e. The van der Waals surface area contributed by atoms with Crippen molar-refractivity contribution in [3.05, 3.63) is 34.3 Å². The number of nitrogens with one attached hydrogen (secondary N) is 1. The Morgan fingerprint density at radius 2 is 2.06 bits per heavy atom. The zero-order valence-electron chi connectivity index (χ0n) is 9.55. The van der Waals surface area contributed by atoms with E-state index in [1.165, 1.54) is 0 Å². The monoisotopic (exact) mass is 347 g/mol. The lowest BCUT2D eigenvalue weighted by Crippen LogP contribution is -2.38. The summed E-state index contributed by atoms with van der Waals surface area (Å²) in [6.07, 6.45) is 0. The first-order chi connectivity index (χ1) is 7.30. The van der Waals surface area contributed by atoms with Gasteiger partial charge in [-0.25, -0.2) is 0 Å². The Hall–Kier alpha value is -0.350. The molecule has 1 rings (SSSR count). The number of amides is 1. The molecule has 2 nitrogen and oxygen atoms in total. The summed E-state index contributed by atoms with van der Waals surface area (Å²) >= 11 is 6.75. The fourth-order valence-electron chi connectivity index (χ4n) is 1.23. The lowest BCUT2D eigenvalue weighted by molar-refractivity contribution is -0.123. The molecule has 1 aromatic rings. The Bertz CT molecular complexity index is 385. The van der Waals surface area contributed by atoms with E-state index < -0.39 is 4.32 Å². The lowest BCUT2D eigenvalue weighted by Gasteiger charge is -2.20. The van der Waals surface area contributed by atoms with Gasteiger partial charge in [-0.2, -0.15) is 0 Å². The number of rotatable bonds is 3. The van der Waals surface area contributed by atoms with Gasteiger partial charge in [0.2, 0.25) is 5.91 Å². The Morgan fingerprint density at radius 1 is 1.44 bits per heavy atom. The van der Waals surface area contributed by atoms with Crippen LogP contribution in [0.1, 0.15) is 32.4 Å². The predicted octanol–water partition coefficient (Wildman–Crippen LogP) is 3.80. The van der Waals surface area contributed by atoms with Gasteiger partial charge in [-0.3, -0.25) is 4.79 Å². The molecule has 0 aliphatic rings. The molecule has 0 aliphatic carbocycles. The average molecular weight is 349 g/mol. The van der Waals surface area contributed by atoms with E-state index in [1.807, 2.05) is 45.0 Å². The van der Waals surface area contributed by atoms with Crippen molar-refractivity contribution >= 4 is 37.8 Å². The molecular weight excluding hydrogens is 334 g/mol. The first kappa shape index (κ1) is 13.7. The molecule has 0 aliphatic heterocycles. The SMILES string of the molecule is CC(NC(=O)C(C)(C)Br)c1cccc(Br)c1. The Kier molecular flexibility index (Phi) is 4.56. The third kappa shape index (κ3) is 3.91. The van der Waals surface area contributed by atoms with Crippen molar-refractivity contribution in [3.63, 3.8) is 0 Å². The van der Waals surface area contributed by atoms with Gasteiger partial charge in [0.15, 0.2) is 0 Å². The molecule has 0 radical (unpaired) electrons. The molecular formula is C12H15Br2NO. The van der Waals surface area contributed by atoms with Gasteiger partial charge in [-0.1, -0.05) is 44.0 Å². The van der Waals surface area contributed by atoms with E-state index in [4.69, 9.17) is 0 Å². The minimum atomic E-state index is -0.534. The van der Waals surface area contributed by atoms with E-state index in [9.17, 15) is 4.79 Å². The third-order valence-electron chi connectivity index (χ3n) is 2.24. The van der Waals surface area contributed by atoms with Gasteiger partial charge >= 0.3 is 0 Å². The zero-order valence-corrected chi connectivity index (χ0v) is 12.7. The summed E-state index contributed by atoms with van der Waals surface area (Å²) in [6, 6.07) is 7.93. The molecule has 1 aromatic carbocycles. The van der Waals surface area contributed by atoms with E-state index in [0.717, 1.165) is 10.0 Å². The molecule has 0 fully saturated rings. The van der Waals surface area contributed by atoms with Gasteiger partial charge in [-0.15, -0.1) is 0 Å². The molecule has 0 heterocycles. The van der Waals surface area contributed by atoms with Crippen molar-refractivity contribution in [1.82, 2.24) is 5.32 Å². The summed E-state index contributed by atoms with van der Waals surface area (Å²) in [7, 11) is 0. The van der Waals surface area contributed by atoms with Gasteiger partial charge in [-0.05, 0) is 38.5 Å². The summed E-state index contributed by atoms with van der Waals surface area (Å²) in [5, 5.41) is 2.96. The summed E-state index contributed by atoms with van der Waals surface area (Å²) in [5.74, 6) is -0.0139. The molecule has 88 valence electrons. The number of carbonyl (C=O) groups excluding carboxylic acids is 1. The highest BCUT2D eigenvalue weighted by molar-refractivity contribution is 9.10. The lowest BCUT2D eigenvalue weighted by atomic mass is 10.1. The smallest absolute Gasteiger partial charge is 0.236 e. The number of hydrogen-bond acceptors (Lipinski definition) is 1. The third-order valence-corrected chi connectivity index (χ3v) is 3.09. The Morgan fingerprint density at radius 3 is 2.56 bits per heavy atom. The van der Waals surface area contributed by atoms with Gasteiger partial charge in [0.1, 0.15) is 0 Å². The van der Waals surface area contributed by atoms with E-state index in [-0.39, 0.29) is 11.9 Å². The standard InChI is InChI=1S/C12H15Br2NO/c1-8(15-11(16)12(2,3)14)9-5-4-6-10(13)7-9/h4-8H,1-3H3,(H,15,16). The summed E-state index contributed by atoms with van der Waals surface area (Å²) in [4.78, 5) is 11.8. The van der Waals surface area contributed by atoms with Crippen LogP contribution in [-0.2, 0) is 4.79 Å². The Labute approximate surface area is 113 Å². The first-order valence-corrected chi connectivity index (χ1v) is 6.64. The second-order valence-electron chi connectivity index (χ2n) is 4.22. The van der Waals surface area contributed by atoms with Gasteiger partial charge in [0.25, 0.3) is 0 Å². The average Bonchev–Trinajstić information content (AvgIpc) is 2.16. The van der Waals surface area contributed by atoms with Crippen LogP contribution in [0.4, 0.5) is 0 Å². The maximum Gasteiger partial charge on any atom is 0.236 e. The van der Waals surface area contributed by atoms with Crippen LogP contribution < -0.4 is 5.32 Å². The van der Waals surface area contributed by atoms with Crippen LogP contribution in [0.25, 0.3) is 0 Å². The van der Waals surface area contributed by atoms with Crippen molar-refractivity contribution < 1.29 is 4.79 Å². The zero-order chi connectivity index (χ0) is 12.3. The fraction of sp³-hybridized carbons (Fsp3) is 0.417. The highest BCUT2D eigenvalue weighted by Gasteiger charge is 2.24. The van der Waals surface area contributed by atoms with Crippen LogP contribution in [0.15, 0.2) is 28.7 Å². The van der Waals surface area contributed by atoms with Crippen molar-refractivity contribution in [1.29, 1.82) is 0 Å². The van der Waals surface area contributed by atoms with Crippen LogP contribution in [0.5, 0.6) is 0 Å². The number of carbonyl (C=O) groups is 1. The largest absolute Gasteiger partial charge is 0.348 e. The van der Waals surface area contributed by atoms with Crippen LogP contribution in [-0.4, -0.2) is 10.2 Å². The van der Waals surface area contributed by atoms with Crippen molar-refractivity contribution in [2.24, 2.45) is 0 Å². The summed E-state index contributed by atoms with van der Waals surface area (Å²) < 4.78 is 0.483. The highest BCUT2D eigenvalue weighted by Crippen LogP contribution is 2.21. The van der Waals surface area contributed by atoms with Gasteiger partial charge in [0.05, 0.1) is 10.4 Å². The molecule has 16 heavy (non-hydrogen) atoms. The second-order valence-corrected chi connectivity index (χ2v) is 7.12. The first-order valence-electron chi connectivity index (χ1n) is 5.06. The normalized spacial score (nSPS) is 13.3. The van der Waals surface area contributed by atoms with Gasteiger partial charge < -0.3 is 5.32 Å². The quantitative estimate of drug-likeness (QED) is 0.827. The van der Waals surface area contributed by atoms with E-state index in [2.05, 4.69) is 37.2 Å². The van der Waals surface area contributed by atoms with Crippen molar-refractivity contribution in [2.45, 2.75) is 31.1 Å². The number of hydrogen-bond donors (Lipinski definition) is 1. The summed E-state index contributed by atoms with van der Waals surface area (Å²) in [6.45, 7) is 5.63. The maximum atomic E-state index is 11.8. The Balaban J connectivity index is 2.73. The van der Waals surface area contributed by atoms with Crippen LogP contribution >= 0.6 is 31.9 Å². The molecule has 1 atom stereocenters. The van der Waals surface area contributed by atoms with Crippen molar-refractivity contribution in [3.8, 4) is 0 Å². The molecule has 0 spiro atoms. The highest BCUT2D eigenvalue weighted by atomic mass is 79.9. The minimum absolute atomic E-state index is 0.00169. The van der Waals surface area contributed by atoms with E-state index in [0.29, 0.717) is 0 Å². The van der Waals surface area contributed by atoms with E-state index >= 15 is 0 Å². The van der Waals surface area contributed by atoms with Crippen LogP contribution in [0, 0.1) is 0 Å². The maximum absolute atomic E-state index is 11.8. The number of alkyl halides is 1.